The van der Waals surface area contributed by atoms with Crippen LogP contribution in [0, 0.1) is 22.2 Å². The van der Waals surface area contributed by atoms with Gasteiger partial charge in [0.15, 0.2) is 17.4 Å². The molecule has 1 saturated heterocycles. The highest BCUT2D eigenvalue weighted by Crippen LogP contribution is 2.53. The number of rotatable bonds is 18. The minimum absolute atomic E-state index is 0.0431. The van der Waals surface area contributed by atoms with Gasteiger partial charge in [0.05, 0.1) is 42.6 Å². The quantitative estimate of drug-likeness (QED) is 0.0851. The van der Waals surface area contributed by atoms with Gasteiger partial charge < -0.3 is 33.0 Å². The highest BCUT2D eigenvalue weighted by molar-refractivity contribution is 7.57. The van der Waals surface area contributed by atoms with E-state index in [2.05, 4.69) is 21.0 Å². The summed E-state index contributed by atoms with van der Waals surface area (Å²) >= 11 is 0. The Morgan fingerprint density at radius 1 is 1.06 bits per heavy atom. The summed E-state index contributed by atoms with van der Waals surface area (Å²) in [4.78, 5) is 48.3. The van der Waals surface area contributed by atoms with Gasteiger partial charge in [0.25, 0.3) is 14.1 Å². The number of fused-ring (bicyclic) bond motifs is 1. The topological polar surface area (TPSA) is 216 Å². The molecule has 0 radical (unpaired) electrons. The number of aromatic nitrogens is 4. The average molecular weight is 787 g/mol. The van der Waals surface area contributed by atoms with Crippen molar-refractivity contribution in [2.45, 2.75) is 112 Å². The van der Waals surface area contributed by atoms with E-state index in [4.69, 9.17) is 37.0 Å². The van der Waals surface area contributed by atoms with E-state index in [1.54, 1.807) is 41.5 Å². The first-order valence-electron chi connectivity index (χ1n) is 17.0. The van der Waals surface area contributed by atoms with Gasteiger partial charge in [0, 0.05) is 25.0 Å². The fraction of sp³-hybridized carbons (Fsp3) is 0.697. The maximum Gasteiger partial charge on any atom is 0.359 e. The normalized spacial score (nSPS) is 20.5. The van der Waals surface area contributed by atoms with Crippen molar-refractivity contribution in [2.24, 2.45) is 10.8 Å². The van der Waals surface area contributed by atoms with Gasteiger partial charge in [-0.2, -0.15) is 5.26 Å². The highest BCUT2D eigenvalue weighted by atomic mass is 31.2. The van der Waals surface area contributed by atoms with E-state index in [0.717, 1.165) is 5.82 Å². The zero-order chi connectivity index (χ0) is 39.7. The standard InChI is InChI=1S/C33H52N6O12P2/c1-21(2)39(22(3)4)52(47-15-12-14-34)51-25-23(50-29(26(25)44-11)38-18-37-24-27(38)35-17-36-28(24)40)13-16-53(43,48-19-45-30(41)32(5,6)7)49-20-46-31(42)33(8,9)10/h13,16-18,21-23,25-26,29H,12,15,19-20H2,1-11H3,(H,35,36,40)/t23-,25-,26-,29-,52?/m1/s1. The van der Waals surface area contributed by atoms with Gasteiger partial charge in [-0.25, -0.2) is 14.6 Å². The molecule has 2 aromatic heterocycles. The molecule has 3 heterocycles. The lowest BCUT2D eigenvalue weighted by molar-refractivity contribution is -0.161. The van der Waals surface area contributed by atoms with Crippen LogP contribution in [0.1, 0.15) is 81.9 Å². The number of aromatic amines is 1. The smallest absolute Gasteiger partial charge is 0.359 e. The number of nitrogens with one attached hydrogen (secondary N) is 1. The summed E-state index contributed by atoms with van der Waals surface area (Å²) in [5, 5.41) is 9.23. The first kappa shape index (κ1) is 44.3. The third-order valence-corrected chi connectivity index (χ3v) is 11.1. The first-order chi connectivity index (χ1) is 24.7. The molecule has 2 aromatic rings. The van der Waals surface area contributed by atoms with Crippen LogP contribution >= 0.6 is 16.1 Å². The number of esters is 2. The van der Waals surface area contributed by atoms with E-state index in [1.807, 2.05) is 32.4 Å². The number of H-pyrrole nitrogens is 1. The molecule has 0 aromatic carbocycles. The van der Waals surface area contributed by atoms with Crippen molar-refractivity contribution in [1.29, 1.82) is 5.26 Å². The molecule has 0 aliphatic carbocycles. The second-order valence-corrected chi connectivity index (χ2v) is 17.9. The van der Waals surface area contributed by atoms with Gasteiger partial charge >= 0.3 is 19.5 Å². The van der Waals surface area contributed by atoms with E-state index in [1.165, 1.54) is 30.4 Å². The molecule has 1 fully saturated rings. The summed E-state index contributed by atoms with van der Waals surface area (Å²) in [6.07, 6.45) is 0.221. The van der Waals surface area contributed by atoms with Gasteiger partial charge in [-0.05, 0) is 75.3 Å². The van der Waals surface area contributed by atoms with Crippen LogP contribution in [0.3, 0.4) is 0 Å². The van der Waals surface area contributed by atoms with Gasteiger partial charge in [0.2, 0.25) is 13.6 Å². The van der Waals surface area contributed by atoms with E-state index in [9.17, 15) is 24.2 Å². The molecule has 1 aliphatic heterocycles. The Hall–Kier alpha value is -3.10. The molecule has 0 bridgehead atoms. The molecule has 0 spiro atoms. The Morgan fingerprint density at radius 2 is 1.64 bits per heavy atom. The van der Waals surface area contributed by atoms with E-state index in [0.29, 0.717) is 0 Å². The van der Waals surface area contributed by atoms with Crippen molar-refractivity contribution >= 4 is 39.2 Å². The summed E-state index contributed by atoms with van der Waals surface area (Å²) in [6.45, 7) is 16.4. The highest BCUT2D eigenvalue weighted by Gasteiger charge is 2.49. The summed E-state index contributed by atoms with van der Waals surface area (Å²) < 4.78 is 64.3. The van der Waals surface area contributed by atoms with Crippen molar-refractivity contribution in [3.05, 3.63) is 34.9 Å². The fourth-order valence-corrected chi connectivity index (χ4v) is 7.69. The number of hydrogen-bond acceptors (Lipinski definition) is 16. The molecule has 1 unspecified atom stereocenters. The number of nitriles is 1. The number of hydrogen-bond donors (Lipinski definition) is 1. The van der Waals surface area contributed by atoms with Crippen LogP contribution in [0.15, 0.2) is 29.3 Å². The zero-order valence-corrected chi connectivity index (χ0v) is 33.9. The van der Waals surface area contributed by atoms with Crippen LogP contribution in [-0.4, -0.2) is 93.8 Å². The summed E-state index contributed by atoms with van der Waals surface area (Å²) in [5.74, 6) is -0.138. The molecule has 3 rings (SSSR count). The molecule has 0 saturated carbocycles. The van der Waals surface area contributed by atoms with Crippen LogP contribution in [0.5, 0.6) is 0 Å². The largest absolute Gasteiger partial charge is 0.438 e. The molecule has 18 nitrogen and oxygen atoms in total. The number of methoxy groups -OCH3 is 1. The van der Waals surface area contributed by atoms with Crippen molar-refractivity contribution in [3.8, 4) is 6.07 Å². The fourth-order valence-electron chi connectivity index (χ4n) is 4.92. The van der Waals surface area contributed by atoms with Crippen molar-refractivity contribution in [2.75, 3.05) is 27.3 Å². The number of carbonyl (C=O) groups is 2. The minimum atomic E-state index is -4.34. The minimum Gasteiger partial charge on any atom is -0.438 e. The molecule has 296 valence electrons. The van der Waals surface area contributed by atoms with Crippen molar-refractivity contribution in [1.82, 2.24) is 24.2 Å². The monoisotopic (exact) mass is 786 g/mol. The lowest BCUT2D eigenvalue weighted by Gasteiger charge is -2.38. The predicted octanol–water partition coefficient (Wildman–Crippen LogP) is 5.53. The lowest BCUT2D eigenvalue weighted by atomic mass is 9.98. The van der Waals surface area contributed by atoms with Crippen LogP contribution in [0.4, 0.5) is 0 Å². The molecule has 1 aliphatic rings. The molecular formula is C33H52N6O12P2. The molecule has 20 heteroatoms. The molecule has 1 N–H and O–H groups in total. The summed E-state index contributed by atoms with van der Waals surface area (Å²) in [5.41, 5.74) is -1.93. The van der Waals surface area contributed by atoms with Gasteiger partial charge in [-0.3, -0.25) is 32.6 Å². The first-order valence-corrected chi connectivity index (χ1v) is 19.7. The Balaban J connectivity index is 2.07. The van der Waals surface area contributed by atoms with E-state index in [-0.39, 0.29) is 36.3 Å². The SMILES string of the molecule is CO[C@@H]1[C@H](OP(OCCC#N)N(C(C)C)C(C)C)[C@@H](C=CP(=O)(OCOC(=O)C(C)(C)C)OCOC(=O)C(C)(C)C)O[C@H]1n1cnc2c(=O)[nH]cnc21. The number of ether oxygens (including phenoxy) is 4. The Labute approximate surface area is 310 Å². The van der Waals surface area contributed by atoms with E-state index >= 15 is 0 Å². The molecular weight excluding hydrogens is 734 g/mol. The van der Waals surface area contributed by atoms with Crippen LogP contribution in [-0.2, 0) is 51.2 Å². The zero-order valence-electron chi connectivity index (χ0n) is 32.1. The Kier molecular flexibility index (Phi) is 15.9. The van der Waals surface area contributed by atoms with Gasteiger partial charge in [-0.1, -0.05) is 0 Å². The lowest BCUT2D eigenvalue weighted by Crippen LogP contribution is -2.39. The third-order valence-electron chi connectivity index (χ3n) is 7.54. The number of carbonyl (C=O) groups excluding carboxylic acids is 2. The molecule has 5 atom stereocenters. The van der Waals surface area contributed by atoms with Crippen LogP contribution in [0.2, 0.25) is 0 Å². The van der Waals surface area contributed by atoms with Gasteiger partial charge in [0.1, 0.15) is 18.3 Å². The Bertz CT molecular complexity index is 1670. The van der Waals surface area contributed by atoms with Crippen molar-refractivity contribution < 1.29 is 51.2 Å². The third kappa shape index (κ3) is 11.9. The second kappa shape index (κ2) is 19.0. The number of nitrogens with zero attached hydrogens (tertiary/aromatic N) is 5. The van der Waals surface area contributed by atoms with Crippen molar-refractivity contribution in [3.63, 3.8) is 0 Å². The van der Waals surface area contributed by atoms with E-state index < -0.39 is 82.6 Å². The van der Waals surface area contributed by atoms with Crippen LogP contribution in [0.25, 0.3) is 11.2 Å². The summed E-state index contributed by atoms with van der Waals surface area (Å²) in [6, 6.07) is 1.99. The van der Waals surface area contributed by atoms with Gasteiger partial charge in [-0.15, -0.1) is 0 Å². The summed E-state index contributed by atoms with van der Waals surface area (Å²) in [7, 11) is -4.73. The molecule has 0 amide bonds. The maximum absolute atomic E-state index is 14.1. The number of imidazole rings is 1. The predicted molar refractivity (Wildman–Crippen MR) is 193 cm³/mol. The van der Waals surface area contributed by atoms with Crippen LogP contribution < -0.4 is 5.56 Å². The maximum atomic E-state index is 14.1. The average Bonchev–Trinajstić information content (AvgIpc) is 3.64. The second-order valence-electron chi connectivity index (χ2n) is 14.6. The molecule has 53 heavy (non-hydrogen) atoms. The Morgan fingerprint density at radius 3 is 2.15 bits per heavy atom.